The molecule has 0 atom stereocenters. The summed E-state index contributed by atoms with van der Waals surface area (Å²) in [6.07, 6.45) is 4.51. The first-order valence-corrected chi connectivity index (χ1v) is 7.33. The van der Waals surface area contributed by atoms with Gasteiger partial charge in [-0.1, -0.05) is 0 Å². The molecule has 108 valence electrons. The van der Waals surface area contributed by atoms with Crippen LogP contribution in [0.2, 0.25) is 0 Å². The highest BCUT2D eigenvalue weighted by Crippen LogP contribution is 2.40. The van der Waals surface area contributed by atoms with E-state index >= 15 is 0 Å². The molecular weight excluding hydrogens is 252 g/mol. The average molecular weight is 274 g/mol. The summed E-state index contributed by atoms with van der Waals surface area (Å²) in [6, 6.07) is 5.80. The third-order valence-electron chi connectivity index (χ3n) is 4.57. The molecular formula is C17H22O3. The van der Waals surface area contributed by atoms with Crippen LogP contribution in [-0.4, -0.2) is 24.1 Å². The summed E-state index contributed by atoms with van der Waals surface area (Å²) < 4.78 is 11.4. The Hall–Kier alpha value is -1.35. The van der Waals surface area contributed by atoms with Crippen LogP contribution >= 0.6 is 0 Å². The van der Waals surface area contributed by atoms with Crippen molar-refractivity contribution in [2.24, 2.45) is 0 Å². The molecule has 0 aromatic heterocycles. The van der Waals surface area contributed by atoms with E-state index in [2.05, 4.69) is 13.8 Å². The van der Waals surface area contributed by atoms with Crippen LogP contribution in [0, 0.1) is 0 Å². The zero-order chi connectivity index (χ0) is 14.4. The van der Waals surface area contributed by atoms with Crippen molar-refractivity contribution in [2.75, 3.05) is 7.11 Å². The van der Waals surface area contributed by atoms with Crippen LogP contribution in [0.3, 0.4) is 0 Å². The third kappa shape index (κ3) is 2.35. The summed E-state index contributed by atoms with van der Waals surface area (Å²) in [4.78, 5) is 12.5. The number of benzene rings is 1. The van der Waals surface area contributed by atoms with E-state index in [1.165, 1.54) is 0 Å². The van der Waals surface area contributed by atoms with Crippen molar-refractivity contribution < 1.29 is 14.3 Å². The van der Waals surface area contributed by atoms with Gasteiger partial charge in [0.25, 0.3) is 0 Å². The quantitative estimate of drug-likeness (QED) is 0.788. The molecule has 1 aliphatic carbocycles. The molecule has 0 unspecified atom stereocenters. The minimum absolute atomic E-state index is 0.161. The summed E-state index contributed by atoms with van der Waals surface area (Å²) in [5, 5.41) is 0. The molecule has 0 N–H and O–H groups in total. The average Bonchev–Trinajstić information content (AvgIpc) is 2.66. The minimum atomic E-state index is -0.203. The molecule has 0 spiro atoms. The molecule has 1 heterocycles. The van der Waals surface area contributed by atoms with E-state index in [0.717, 1.165) is 42.6 Å². The van der Waals surface area contributed by atoms with Gasteiger partial charge in [-0.2, -0.15) is 0 Å². The Balaban J connectivity index is 1.77. The number of rotatable bonds is 4. The SMILES string of the molecule is COC1(CC(=O)c2ccc3c(c2)CC(C)(C)O3)CCC1. The Kier molecular flexibility index (Phi) is 3.13. The zero-order valence-corrected chi connectivity index (χ0v) is 12.5. The summed E-state index contributed by atoms with van der Waals surface area (Å²) in [5.74, 6) is 1.09. The number of hydrogen-bond acceptors (Lipinski definition) is 3. The minimum Gasteiger partial charge on any atom is -0.487 e. The number of Topliss-reactive ketones (excluding diaryl/α,β-unsaturated/α-hetero) is 1. The maximum absolute atomic E-state index is 12.5. The van der Waals surface area contributed by atoms with E-state index in [9.17, 15) is 4.79 Å². The van der Waals surface area contributed by atoms with E-state index in [4.69, 9.17) is 9.47 Å². The van der Waals surface area contributed by atoms with E-state index in [-0.39, 0.29) is 17.0 Å². The van der Waals surface area contributed by atoms with Crippen LogP contribution in [0.5, 0.6) is 5.75 Å². The highest BCUT2D eigenvalue weighted by atomic mass is 16.5. The number of ether oxygens (including phenoxy) is 2. The van der Waals surface area contributed by atoms with Gasteiger partial charge in [0.05, 0.1) is 5.60 Å². The van der Waals surface area contributed by atoms with E-state index < -0.39 is 0 Å². The Morgan fingerprint density at radius 3 is 2.70 bits per heavy atom. The van der Waals surface area contributed by atoms with E-state index in [1.807, 2.05) is 18.2 Å². The second kappa shape index (κ2) is 4.59. The molecule has 1 aliphatic heterocycles. The predicted octanol–water partition coefficient (Wildman–Crippen LogP) is 3.54. The van der Waals surface area contributed by atoms with Crippen molar-refractivity contribution in [3.63, 3.8) is 0 Å². The van der Waals surface area contributed by atoms with Crippen LogP contribution in [-0.2, 0) is 11.2 Å². The fraction of sp³-hybridized carbons (Fsp3) is 0.588. The van der Waals surface area contributed by atoms with Gasteiger partial charge < -0.3 is 9.47 Å². The van der Waals surface area contributed by atoms with Gasteiger partial charge in [0.2, 0.25) is 0 Å². The Labute approximate surface area is 120 Å². The van der Waals surface area contributed by atoms with Crippen LogP contribution in [0.1, 0.15) is 55.5 Å². The van der Waals surface area contributed by atoms with Gasteiger partial charge in [-0.15, -0.1) is 0 Å². The number of carbonyl (C=O) groups excluding carboxylic acids is 1. The smallest absolute Gasteiger partial charge is 0.165 e. The second-order valence-corrected chi connectivity index (χ2v) is 6.70. The van der Waals surface area contributed by atoms with Crippen molar-refractivity contribution in [3.8, 4) is 5.75 Å². The molecule has 0 amide bonds. The Morgan fingerprint density at radius 2 is 2.10 bits per heavy atom. The van der Waals surface area contributed by atoms with Crippen molar-refractivity contribution in [1.29, 1.82) is 0 Å². The van der Waals surface area contributed by atoms with Gasteiger partial charge in [-0.25, -0.2) is 0 Å². The first-order chi connectivity index (χ1) is 9.43. The molecule has 1 aromatic carbocycles. The maximum atomic E-state index is 12.5. The predicted molar refractivity (Wildman–Crippen MR) is 77.4 cm³/mol. The van der Waals surface area contributed by atoms with Gasteiger partial charge >= 0.3 is 0 Å². The molecule has 0 bridgehead atoms. The van der Waals surface area contributed by atoms with Crippen LogP contribution in [0.15, 0.2) is 18.2 Å². The maximum Gasteiger partial charge on any atom is 0.165 e. The molecule has 3 heteroatoms. The fourth-order valence-corrected chi connectivity index (χ4v) is 3.20. The Bertz CT molecular complexity index is 536. The topological polar surface area (TPSA) is 35.5 Å². The van der Waals surface area contributed by atoms with Crippen LogP contribution in [0.4, 0.5) is 0 Å². The standard InChI is InChI=1S/C17H22O3/c1-16(2)10-13-9-12(5-6-15(13)20-16)14(18)11-17(19-3)7-4-8-17/h5-6,9H,4,7-8,10-11H2,1-3H3. The number of ketones is 1. The highest BCUT2D eigenvalue weighted by molar-refractivity contribution is 5.97. The summed E-state index contributed by atoms with van der Waals surface area (Å²) in [5.41, 5.74) is 1.56. The number of methoxy groups -OCH3 is 1. The second-order valence-electron chi connectivity index (χ2n) is 6.70. The zero-order valence-electron chi connectivity index (χ0n) is 12.5. The summed E-state index contributed by atoms with van der Waals surface area (Å²) in [7, 11) is 1.71. The number of hydrogen-bond donors (Lipinski definition) is 0. The molecule has 3 nitrogen and oxygen atoms in total. The normalized spacial score (nSPS) is 21.8. The third-order valence-corrected chi connectivity index (χ3v) is 4.57. The fourth-order valence-electron chi connectivity index (χ4n) is 3.20. The molecule has 1 saturated carbocycles. The molecule has 1 aromatic rings. The number of fused-ring (bicyclic) bond motifs is 1. The van der Waals surface area contributed by atoms with Crippen molar-refractivity contribution >= 4 is 5.78 Å². The van der Waals surface area contributed by atoms with Crippen molar-refractivity contribution in [2.45, 2.75) is 57.2 Å². The van der Waals surface area contributed by atoms with Crippen molar-refractivity contribution in [3.05, 3.63) is 29.3 Å². The summed E-state index contributed by atoms with van der Waals surface area (Å²) >= 11 is 0. The molecule has 1 fully saturated rings. The van der Waals surface area contributed by atoms with Gasteiger partial charge in [-0.3, -0.25) is 4.79 Å². The lowest BCUT2D eigenvalue weighted by molar-refractivity contribution is -0.0704. The van der Waals surface area contributed by atoms with E-state index in [0.29, 0.717) is 6.42 Å². The van der Waals surface area contributed by atoms with Gasteiger partial charge in [0.15, 0.2) is 5.78 Å². The largest absolute Gasteiger partial charge is 0.487 e. The first-order valence-electron chi connectivity index (χ1n) is 7.33. The summed E-state index contributed by atoms with van der Waals surface area (Å²) in [6.45, 7) is 4.14. The van der Waals surface area contributed by atoms with E-state index in [1.54, 1.807) is 7.11 Å². The molecule has 2 aliphatic rings. The monoisotopic (exact) mass is 274 g/mol. The first kappa shape index (κ1) is 13.6. The molecule has 0 saturated heterocycles. The van der Waals surface area contributed by atoms with Crippen molar-refractivity contribution in [1.82, 2.24) is 0 Å². The molecule has 3 rings (SSSR count). The van der Waals surface area contributed by atoms with Gasteiger partial charge in [0.1, 0.15) is 11.4 Å². The lowest BCUT2D eigenvalue weighted by Crippen LogP contribution is -2.41. The van der Waals surface area contributed by atoms with Gasteiger partial charge in [0, 0.05) is 25.5 Å². The molecule has 0 radical (unpaired) electrons. The lowest BCUT2D eigenvalue weighted by Gasteiger charge is -2.40. The highest BCUT2D eigenvalue weighted by Gasteiger charge is 2.39. The van der Waals surface area contributed by atoms with Gasteiger partial charge in [-0.05, 0) is 56.9 Å². The molecule has 20 heavy (non-hydrogen) atoms. The lowest BCUT2D eigenvalue weighted by atomic mass is 9.75. The van der Waals surface area contributed by atoms with Crippen LogP contribution < -0.4 is 4.74 Å². The Morgan fingerprint density at radius 1 is 1.35 bits per heavy atom. The number of carbonyl (C=O) groups is 1. The van der Waals surface area contributed by atoms with Crippen LogP contribution in [0.25, 0.3) is 0 Å².